The first kappa shape index (κ1) is 22.6. The van der Waals surface area contributed by atoms with Crippen molar-refractivity contribution in [3.8, 4) is 11.5 Å². The molecule has 2 heterocycles. The molecule has 0 saturated carbocycles. The zero-order valence-electron chi connectivity index (χ0n) is 20.1. The number of carbonyl (C=O) groups is 1. The van der Waals surface area contributed by atoms with Gasteiger partial charge in [-0.15, -0.1) is 0 Å². The normalized spacial score (nSPS) is 12.1. The molecule has 178 valence electrons. The lowest BCUT2D eigenvalue weighted by Gasteiger charge is -2.22. The number of amides is 1. The molecule has 1 atom stereocenters. The van der Waals surface area contributed by atoms with Gasteiger partial charge in [-0.2, -0.15) is 0 Å². The first-order valence-electron chi connectivity index (χ1n) is 11.6. The SMILES string of the molecule is COc1cccc(C(CNC(=O)Cc2coc3cc(C)ccc23)c2c[nH]c3ccccc23)c1OC. The maximum absolute atomic E-state index is 13.1. The van der Waals surface area contributed by atoms with Crippen LogP contribution in [0, 0.1) is 6.92 Å². The highest BCUT2D eigenvalue weighted by Crippen LogP contribution is 2.40. The summed E-state index contributed by atoms with van der Waals surface area (Å²) in [6, 6.07) is 20.0. The third kappa shape index (κ3) is 4.35. The van der Waals surface area contributed by atoms with Crippen LogP contribution < -0.4 is 14.8 Å². The van der Waals surface area contributed by atoms with E-state index >= 15 is 0 Å². The van der Waals surface area contributed by atoms with Crippen molar-refractivity contribution in [2.75, 3.05) is 20.8 Å². The number of hydrogen-bond donors (Lipinski definition) is 2. The van der Waals surface area contributed by atoms with E-state index in [0.717, 1.165) is 44.1 Å². The molecule has 3 aromatic carbocycles. The Morgan fingerprint density at radius 2 is 1.86 bits per heavy atom. The Morgan fingerprint density at radius 1 is 1.00 bits per heavy atom. The Bertz CT molecular complexity index is 1500. The van der Waals surface area contributed by atoms with E-state index in [-0.39, 0.29) is 18.2 Å². The molecule has 2 N–H and O–H groups in total. The van der Waals surface area contributed by atoms with Gasteiger partial charge in [-0.3, -0.25) is 4.79 Å². The summed E-state index contributed by atoms with van der Waals surface area (Å²) < 4.78 is 17.0. The number of aromatic nitrogens is 1. The number of aryl methyl sites for hydroxylation is 1. The second kappa shape index (κ2) is 9.58. The van der Waals surface area contributed by atoms with Crippen LogP contribution in [0.2, 0.25) is 0 Å². The molecule has 5 aromatic rings. The Labute approximate surface area is 203 Å². The summed E-state index contributed by atoms with van der Waals surface area (Å²) in [4.78, 5) is 16.4. The topological polar surface area (TPSA) is 76.5 Å². The molecule has 0 aliphatic rings. The zero-order chi connectivity index (χ0) is 24.4. The number of para-hydroxylation sites is 2. The van der Waals surface area contributed by atoms with Crippen LogP contribution in [-0.2, 0) is 11.2 Å². The van der Waals surface area contributed by atoms with Gasteiger partial charge in [0, 0.05) is 46.1 Å². The molecule has 1 amide bonds. The molecule has 0 spiro atoms. The predicted octanol–water partition coefficient (Wildman–Crippen LogP) is 5.73. The van der Waals surface area contributed by atoms with E-state index < -0.39 is 0 Å². The lowest BCUT2D eigenvalue weighted by molar-refractivity contribution is -0.120. The zero-order valence-corrected chi connectivity index (χ0v) is 20.1. The van der Waals surface area contributed by atoms with Crippen LogP contribution >= 0.6 is 0 Å². The summed E-state index contributed by atoms with van der Waals surface area (Å²) in [7, 11) is 3.26. The van der Waals surface area contributed by atoms with E-state index in [9.17, 15) is 4.79 Å². The highest BCUT2D eigenvalue weighted by atomic mass is 16.5. The molecule has 2 aromatic heterocycles. The van der Waals surface area contributed by atoms with Gasteiger partial charge in [-0.1, -0.05) is 42.5 Å². The summed E-state index contributed by atoms with van der Waals surface area (Å²) in [6.45, 7) is 2.42. The maximum atomic E-state index is 13.1. The van der Waals surface area contributed by atoms with Gasteiger partial charge < -0.3 is 24.2 Å². The third-order valence-electron chi connectivity index (χ3n) is 6.47. The predicted molar refractivity (Wildman–Crippen MR) is 137 cm³/mol. The Morgan fingerprint density at radius 3 is 2.69 bits per heavy atom. The second-order valence-electron chi connectivity index (χ2n) is 8.67. The van der Waals surface area contributed by atoms with Crippen LogP contribution in [0.5, 0.6) is 11.5 Å². The molecule has 0 fully saturated rings. The highest BCUT2D eigenvalue weighted by molar-refractivity contribution is 5.88. The number of carbonyl (C=O) groups excluding carboxylic acids is 1. The molecule has 0 bridgehead atoms. The molecule has 0 saturated heterocycles. The van der Waals surface area contributed by atoms with Gasteiger partial charge in [0.15, 0.2) is 11.5 Å². The van der Waals surface area contributed by atoms with Gasteiger partial charge in [-0.05, 0) is 36.2 Å². The van der Waals surface area contributed by atoms with Crippen molar-refractivity contribution >= 4 is 27.8 Å². The van der Waals surface area contributed by atoms with Crippen molar-refractivity contribution < 1.29 is 18.7 Å². The van der Waals surface area contributed by atoms with Crippen molar-refractivity contribution in [3.05, 3.63) is 95.4 Å². The monoisotopic (exact) mass is 468 g/mol. The smallest absolute Gasteiger partial charge is 0.224 e. The van der Waals surface area contributed by atoms with Crippen molar-refractivity contribution in [1.29, 1.82) is 0 Å². The van der Waals surface area contributed by atoms with Crippen molar-refractivity contribution in [2.45, 2.75) is 19.3 Å². The second-order valence-corrected chi connectivity index (χ2v) is 8.67. The van der Waals surface area contributed by atoms with E-state index in [1.807, 2.05) is 67.7 Å². The maximum Gasteiger partial charge on any atom is 0.224 e. The van der Waals surface area contributed by atoms with Crippen LogP contribution in [-0.4, -0.2) is 31.7 Å². The number of ether oxygens (including phenoxy) is 2. The first-order valence-corrected chi connectivity index (χ1v) is 11.6. The van der Waals surface area contributed by atoms with Crippen LogP contribution in [0.25, 0.3) is 21.9 Å². The summed E-state index contributed by atoms with van der Waals surface area (Å²) in [5, 5.41) is 5.22. The van der Waals surface area contributed by atoms with Gasteiger partial charge in [-0.25, -0.2) is 0 Å². The summed E-state index contributed by atoms with van der Waals surface area (Å²) in [6.07, 6.45) is 3.92. The molecule has 0 radical (unpaired) electrons. The fraction of sp³-hybridized carbons (Fsp3) is 0.207. The standard InChI is InChI=1S/C29H28N2O4/c1-18-11-12-20-19(17-35-27(20)13-18)14-28(32)31-16-24(22-8-6-10-26(33-2)29(22)34-3)23-15-30-25-9-5-4-7-21(23)25/h4-13,15,17,24,30H,14,16H2,1-3H3,(H,31,32). The number of benzene rings is 3. The van der Waals surface area contributed by atoms with Gasteiger partial charge in [0.2, 0.25) is 5.91 Å². The number of methoxy groups -OCH3 is 2. The number of nitrogens with one attached hydrogen (secondary N) is 2. The van der Waals surface area contributed by atoms with E-state index in [4.69, 9.17) is 13.9 Å². The van der Waals surface area contributed by atoms with E-state index in [1.54, 1.807) is 20.5 Å². The minimum atomic E-state index is -0.149. The molecule has 5 rings (SSSR count). The van der Waals surface area contributed by atoms with Gasteiger partial charge >= 0.3 is 0 Å². The molecule has 6 heteroatoms. The minimum absolute atomic E-state index is 0.0695. The summed E-state index contributed by atoms with van der Waals surface area (Å²) in [5.74, 6) is 1.10. The number of rotatable bonds is 8. The van der Waals surface area contributed by atoms with Crippen LogP contribution in [0.4, 0.5) is 0 Å². The molecular formula is C29H28N2O4. The molecule has 0 aliphatic heterocycles. The molecule has 6 nitrogen and oxygen atoms in total. The average molecular weight is 469 g/mol. The lowest BCUT2D eigenvalue weighted by atomic mass is 9.89. The van der Waals surface area contributed by atoms with Crippen molar-refractivity contribution in [1.82, 2.24) is 10.3 Å². The van der Waals surface area contributed by atoms with E-state index in [1.165, 1.54) is 0 Å². The van der Waals surface area contributed by atoms with Gasteiger partial charge in [0.05, 0.1) is 26.9 Å². The first-order chi connectivity index (χ1) is 17.1. The molecule has 1 unspecified atom stereocenters. The lowest BCUT2D eigenvalue weighted by Crippen LogP contribution is -2.30. The van der Waals surface area contributed by atoms with Crippen molar-refractivity contribution in [2.24, 2.45) is 0 Å². The van der Waals surface area contributed by atoms with Crippen molar-refractivity contribution in [3.63, 3.8) is 0 Å². The molecular weight excluding hydrogens is 440 g/mol. The number of hydrogen-bond acceptors (Lipinski definition) is 4. The van der Waals surface area contributed by atoms with E-state index in [2.05, 4.69) is 16.4 Å². The molecule has 35 heavy (non-hydrogen) atoms. The van der Waals surface area contributed by atoms with Gasteiger partial charge in [0.25, 0.3) is 0 Å². The Kier molecular flexibility index (Phi) is 6.19. The number of H-pyrrole nitrogens is 1. The quantitative estimate of drug-likeness (QED) is 0.305. The largest absolute Gasteiger partial charge is 0.493 e. The van der Waals surface area contributed by atoms with Gasteiger partial charge in [0.1, 0.15) is 5.58 Å². The summed E-state index contributed by atoms with van der Waals surface area (Å²) in [5.41, 5.74) is 5.86. The number of aromatic amines is 1. The fourth-order valence-electron chi connectivity index (χ4n) is 4.73. The Hall–Kier alpha value is -4.19. The Balaban J connectivity index is 1.45. The average Bonchev–Trinajstić information content (AvgIpc) is 3.48. The van der Waals surface area contributed by atoms with Crippen LogP contribution in [0.15, 0.2) is 77.5 Å². The summed E-state index contributed by atoms with van der Waals surface area (Å²) >= 11 is 0. The van der Waals surface area contributed by atoms with E-state index in [0.29, 0.717) is 18.0 Å². The number of fused-ring (bicyclic) bond motifs is 2. The molecule has 0 aliphatic carbocycles. The van der Waals surface area contributed by atoms with Crippen LogP contribution in [0.3, 0.4) is 0 Å². The highest BCUT2D eigenvalue weighted by Gasteiger charge is 2.24. The van der Waals surface area contributed by atoms with Crippen LogP contribution in [0.1, 0.15) is 28.2 Å². The third-order valence-corrected chi connectivity index (χ3v) is 6.47. The minimum Gasteiger partial charge on any atom is -0.493 e. The fourth-order valence-corrected chi connectivity index (χ4v) is 4.73. The number of furan rings is 1.